The minimum Gasteiger partial charge on any atom is -0.314 e. The summed E-state index contributed by atoms with van der Waals surface area (Å²) >= 11 is 0. The van der Waals surface area contributed by atoms with E-state index in [1.165, 1.54) is 0 Å². The summed E-state index contributed by atoms with van der Waals surface area (Å²) < 4.78 is 53.7. The highest BCUT2D eigenvalue weighted by atomic mass is 35.5. The van der Waals surface area contributed by atoms with E-state index in [-0.39, 0.29) is 24.0 Å². The fourth-order valence-electron chi connectivity index (χ4n) is 3.18. The Morgan fingerprint density at radius 3 is 2.42 bits per heavy atom. The Hall–Kier alpha value is -0.850. The molecule has 24 heavy (non-hydrogen) atoms. The number of piperazine rings is 1. The van der Waals surface area contributed by atoms with Crippen LogP contribution < -0.4 is 5.32 Å². The molecule has 1 aliphatic rings. The van der Waals surface area contributed by atoms with Crippen LogP contribution in [0.3, 0.4) is 0 Å². The second-order valence-electron chi connectivity index (χ2n) is 6.03. The highest BCUT2D eigenvalue weighted by molar-refractivity contribution is 5.85. The van der Waals surface area contributed by atoms with Crippen molar-refractivity contribution in [2.45, 2.75) is 44.8 Å². The molecule has 1 saturated heterocycles. The van der Waals surface area contributed by atoms with Crippen LogP contribution in [-0.4, -0.2) is 31.1 Å². The molecule has 138 valence electrons. The van der Waals surface area contributed by atoms with E-state index in [4.69, 9.17) is 0 Å². The van der Waals surface area contributed by atoms with Gasteiger partial charge in [0.2, 0.25) is 0 Å². The number of benzene rings is 1. The van der Waals surface area contributed by atoms with Crippen LogP contribution in [0.25, 0.3) is 0 Å². The molecule has 2 rings (SSSR count). The van der Waals surface area contributed by atoms with Gasteiger partial charge >= 0.3 is 6.18 Å². The van der Waals surface area contributed by atoms with Crippen molar-refractivity contribution in [1.82, 2.24) is 10.2 Å². The first-order chi connectivity index (χ1) is 10.9. The van der Waals surface area contributed by atoms with E-state index >= 15 is 0 Å². The normalized spacial score (nSPS) is 17.4. The largest absolute Gasteiger partial charge is 0.416 e. The molecule has 1 heterocycles. The van der Waals surface area contributed by atoms with E-state index < -0.39 is 17.6 Å². The molecule has 1 aliphatic heterocycles. The molecule has 0 aliphatic carbocycles. The molecule has 1 aromatic rings. The molecule has 1 N–H and O–H groups in total. The molecule has 0 radical (unpaired) electrons. The maximum atomic E-state index is 13.7. The molecular weight excluding hydrogens is 344 g/mol. The van der Waals surface area contributed by atoms with Crippen molar-refractivity contribution >= 4 is 12.4 Å². The zero-order chi connectivity index (χ0) is 16.9. The summed E-state index contributed by atoms with van der Waals surface area (Å²) in [5, 5.41) is 3.21. The topological polar surface area (TPSA) is 15.3 Å². The van der Waals surface area contributed by atoms with Gasteiger partial charge in [-0.2, -0.15) is 13.2 Å². The lowest BCUT2D eigenvalue weighted by atomic mass is 9.93. The summed E-state index contributed by atoms with van der Waals surface area (Å²) in [5.41, 5.74) is -0.630. The smallest absolute Gasteiger partial charge is 0.314 e. The van der Waals surface area contributed by atoms with Gasteiger partial charge in [-0.15, -0.1) is 12.4 Å². The number of halogens is 5. The summed E-state index contributed by atoms with van der Waals surface area (Å²) in [4.78, 5) is 2.05. The number of nitrogens with one attached hydrogen (secondary N) is 1. The van der Waals surface area contributed by atoms with E-state index in [1.807, 2.05) is 0 Å². The van der Waals surface area contributed by atoms with Gasteiger partial charge in [-0.3, -0.25) is 4.90 Å². The van der Waals surface area contributed by atoms with Crippen LogP contribution in [-0.2, 0) is 6.18 Å². The highest BCUT2D eigenvalue weighted by Gasteiger charge is 2.36. The van der Waals surface area contributed by atoms with Crippen molar-refractivity contribution in [2.75, 3.05) is 26.2 Å². The van der Waals surface area contributed by atoms with Crippen LogP contribution in [0, 0.1) is 5.82 Å². The van der Waals surface area contributed by atoms with Crippen molar-refractivity contribution in [3.8, 4) is 0 Å². The first kappa shape index (κ1) is 21.2. The van der Waals surface area contributed by atoms with E-state index in [2.05, 4.69) is 17.1 Å². The number of rotatable bonds is 6. The SMILES string of the molecule is CCCCC[C@@H](c1cc(F)ccc1C(F)(F)F)N1CCNCC1.Cl. The Morgan fingerprint density at radius 1 is 1.17 bits per heavy atom. The molecule has 1 aromatic carbocycles. The minimum absolute atomic E-state index is 0. The van der Waals surface area contributed by atoms with Gasteiger partial charge in [0.05, 0.1) is 5.56 Å². The molecule has 1 atom stereocenters. The van der Waals surface area contributed by atoms with E-state index in [0.717, 1.165) is 50.6 Å². The summed E-state index contributed by atoms with van der Waals surface area (Å²) in [6.45, 7) is 4.93. The monoisotopic (exact) mass is 368 g/mol. The van der Waals surface area contributed by atoms with Crippen LogP contribution in [0.1, 0.15) is 49.8 Å². The molecule has 0 aromatic heterocycles. The molecule has 0 bridgehead atoms. The molecule has 1 fully saturated rings. The molecule has 0 saturated carbocycles. The van der Waals surface area contributed by atoms with Crippen molar-refractivity contribution in [3.05, 3.63) is 35.1 Å². The average Bonchev–Trinajstić information content (AvgIpc) is 2.51. The van der Waals surface area contributed by atoms with Gasteiger partial charge in [-0.1, -0.05) is 26.2 Å². The zero-order valence-corrected chi connectivity index (χ0v) is 14.7. The number of hydrogen-bond acceptors (Lipinski definition) is 2. The van der Waals surface area contributed by atoms with Crippen molar-refractivity contribution in [1.29, 1.82) is 0 Å². The summed E-state index contributed by atoms with van der Waals surface area (Å²) in [6, 6.07) is 2.46. The molecule has 2 nitrogen and oxygen atoms in total. The van der Waals surface area contributed by atoms with Gasteiger partial charge in [0.1, 0.15) is 5.82 Å². The van der Waals surface area contributed by atoms with Crippen molar-refractivity contribution < 1.29 is 17.6 Å². The summed E-state index contributed by atoms with van der Waals surface area (Å²) in [6.07, 6.45) is -1.01. The third-order valence-electron chi connectivity index (χ3n) is 4.35. The lowest BCUT2D eigenvalue weighted by Crippen LogP contribution is -2.45. The number of hydrogen-bond donors (Lipinski definition) is 1. The molecule has 0 spiro atoms. The van der Waals surface area contributed by atoms with Gasteiger partial charge in [0.25, 0.3) is 0 Å². The molecule has 7 heteroatoms. The van der Waals surface area contributed by atoms with Crippen LogP contribution in [0.5, 0.6) is 0 Å². The lowest BCUT2D eigenvalue weighted by molar-refractivity contribution is -0.138. The van der Waals surface area contributed by atoms with Crippen molar-refractivity contribution in [2.24, 2.45) is 0 Å². The van der Waals surface area contributed by atoms with E-state index in [0.29, 0.717) is 19.5 Å². The summed E-state index contributed by atoms with van der Waals surface area (Å²) in [7, 11) is 0. The number of unbranched alkanes of at least 4 members (excludes halogenated alkanes) is 2. The van der Waals surface area contributed by atoms with Gasteiger partial charge in [-0.25, -0.2) is 4.39 Å². The zero-order valence-electron chi connectivity index (χ0n) is 13.8. The molecular formula is C17H25ClF4N2. The second kappa shape index (κ2) is 9.59. The Kier molecular flexibility index (Phi) is 8.46. The minimum atomic E-state index is -4.46. The maximum Gasteiger partial charge on any atom is 0.416 e. The third-order valence-corrected chi connectivity index (χ3v) is 4.35. The average molecular weight is 369 g/mol. The first-order valence-corrected chi connectivity index (χ1v) is 8.25. The lowest BCUT2D eigenvalue weighted by Gasteiger charge is -2.36. The second-order valence-corrected chi connectivity index (χ2v) is 6.03. The Labute approximate surface area is 147 Å². The Bertz CT molecular complexity index is 502. The first-order valence-electron chi connectivity index (χ1n) is 8.25. The van der Waals surface area contributed by atoms with E-state index in [1.54, 1.807) is 0 Å². The highest BCUT2D eigenvalue weighted by Crippen LogP contribution is 2.38. The Balaban J connectivity index is 0.00000288. The number of nitrogens with zero attached hydrogens (tertiary/aromatic N) is 1. The van der Waals surface area contributed by atoms with Crippen LogP contribution >= 0.6 is 12.4 Å². The van der Waals surface area contributed by atoms with Crippen molar-refractivity contribution in [3.63, 3.8) is 0 Å². The fraction of sp³-hybridized carbons (Fsp3) is 0.647. The van der Waals surface area contributed by atoms with Gasteiger partial charge < -0.3 is 5.32 Å². The molecule has 0 unspecified atom stereocenters. The van der Waals surface area contributed by atoms with Gasteiger partial charge in [-0.05, 0) is 30.2 Å². The standard InChI is InChI=1S/C17H24F4N2.ClH/c1-2-3-4-5-16(23-10-8-22-9-11-23)14-12-13(18)6-7-15(14)17(19,20)21;/h6-7,12,16,22H,2-5,8-11H2,1H3;1H/t16-;/m0./s1. The number of alkyl halides is 3. The van der Waals surface area contributed by atoms with Crippen LogP contribution in [0.2, 0.25) is 0 Å². The van der Waals surface area contributed by atoms with Gasteiger partial charge in [0.15, 0.2) is 0 Å². The summed E-state index contributed by atoms with van der Waals surface area (Å²) in [5.74, 6) is -0.608. The predicted molar refractivity (Wildman–Crippen MR) is 90.0 cm³/mol. The van der Waals surface area contributed by atoms with Gasteiger partial charge in [0, 0.05) is 32.2 Å². The molecule has 0 amide bonds. The van der Waals surface area contributed by atoms with E-state index in [9.17, 15) is 17.6 Å². The predicted octanol–water partition coefficient (Wildman–Crippen LogP) is 4.79. The van der Waals surface area contributed by atoms with Crippen LogP contribution in [0.15, 0.2) is 18.2 Å². The Morgan fingerprint density at radius 2 is 1.83 bits per heavy atom. The maximum absolute atomic E-state index is 13.7. The quantitative estimate of drug-likeness (QED) is 0.573. The third kappa shape index (κ3) is 5.60. The van der Waals surface area contributed by atoms with Crippen LogP contribution in [0.4, 0.5) is 17.6 Å². The fourth-order valence-corrected chi connectivity index (χ4v) is 3.18.